The van der Waals surface area contributed by atoms with Gasteiger partial charge < -0.3 is 26.0 Å². The van der Waals surface area contributed by atoms with Crippen molar-refractivity contribution in [2.75, 3.05) is 20.6 Å². The van der Waals surface area contributed by atoms with Crippen LogP contribution in [-0.2, 0) is 0 Å². The highest BCUT2D eigenvalue weighted by Crippen LogP contribution is 2.16. The molecule has 0 aliphatic carbocycles. The van der Waals surface area contributed by atoms with Crippen molar-refractivity contribution in [2.45, 2.75) is 13.8 Å². The van der Waals surface area contributed by atoms with Crippen LogP contribution in [0.5, 0.6) is 5.75 Å². The second kappa shape index (κ2) is 7.98. The standard InChI is InChI=1S/C16H23N5O2/c1-10-7-12(5-6-14(10)22)16(23)20-9-13(8-17)15(19-3)21(4)11(2)18/h5-8,17-19,22H,9H2,1-4H3,(H,20,23)/b15-13-,17-8?,18-11?. The fraction of sp³-hybridized carbons (Fsp3) is 0.312. The minimum absolute atomic E-state index is 0.141. The molecular formula is C16H23N5O2. The number of rotatable bonds is 6. The van der Waals surface area contributed by atoms with Crippen LogP contribution in [-0.4, -0.2) is 48.6 Å². The summed E-state index contributed by atoms with van der Waals surface area (Å²) in [6.45, 7) is 3.50. The Morgan fingerprint density at radius 2 is 2.09 bits per heavy atom. The van der Waals surface area contributed by atoms with E-state index < -0.39 is 0 Å². The van der Waals surface area contributed by atoms with E-state index in [0.717, 1.165) is 6.21 Å². The molecule has 0 saturated carbocycles. The van der Waals surface area contributed by atoms with Gasteiger partial charge in [-0.15, -0.1) is 0 Å². The molecule has 0 saturated heterocycles. The number of nitrogens with zero attached hydrogens (tertiary/aromatic N) is 1. The molecule has 0 unspecified atom stereocenters. The predicted octanol–water partition coefficient (Wildman–Crippen LogP) is 1.44. The number of aryl methyl sites for hydroxylation is 1. The van der Waals surface area contributed by atoms with E-state index in [2.05, 4.69) is 10.6 Å². The van der Waals surface area contributed by atoms with E-state index in [1.165, 1.54) is 12.1 Å². The van der Waals surface area contributed by atoms with E-state index in [1.807, 2.05) is 0 Å². The molecular weight excluding hydrogens is 294 g/mol. The Morgan fingerprint density at radius 3 is 2.57 bits per heavy atom. The summed E-state index contributed by atoms with van der Waals surface area (Å²) in [5, 5.41) is 30.4. The Bertz CT molecular complexity index is 652. The first kappa shape index (κ1) is 18.2. The third-order valence-electron chi connectivity index (χ3n) is 3.45. The molecule has 0 aliphatic heterocycles. The first-order valence-corrected chi connectivity index (χ1v) is 7.09. The number of amides is 1. The number of benzene rings is 1. The topological polar surface area (TPSA) is 112 Å². The van der Waals surface area contributed by atoms with E-state index in [1.54, 1.807) is 38.9 Å². The fourth-order valence-electron chi connectivity index (χ4n) is 1.99. The highest BCUT2D eigenvalue weighted by molar-refractivity contribution is 5.95. The lowest BCUT2D eigenvalue weighted by Gasteiger charge is -2.23. The predicted molar refractivity (Wildman–Crippen MR) is 91.2 cm³/mol. The molecule has 7 nitrogen and oxygen atoms in total. The summed E-state index contributed by atoms with van der Waals surface area (Å²) in [4.78, 5) is 13.8. The van der Waals surface area contributed by atoms with Crippen molar-refractivity contribution in [3.8, 4) is 5.75 Å². The smallest absolute Gasteiger partial charge is 0.251 e. The molecule has 0 spiro atoms. The molecule has 0 aliphatic rings. The number of aromatic hydroxyl groups is 1. The number of hydrogen-bond donors (Lipinski definition) is 5. The van der Waals surface area contributed by atoms with E-state index in [-0.39, 0.29) is 18.2 Å². The number of phenols is 1. The lowest BCUT2D eigenvalue weighted by molar-refractivity contribution is 0.0957. The van der Waals surface area contributed by atoms with Gasteiger partial charge in [0.2, 0.25) is 0 Å². The molecule has 1 aromatic carbocycles. The fourth-order valence-corrected chi connectivity index (χ4v) is 1.99. The maximum absolute atomic E-state index is 12.2. The van der Waals surface area contributed by atoms with Crippen molar-refractivity contribution < 1.29 is 9.90 Å². The molecule has 1 aromatic rings. The van der Waals surface area contributed by atoms with Crippen LogP contribution >= 0.6 is 0 Å². The summed E-state index contributed by atoms with van der Waals surface area (Å²) in [6, 6.07) is 4.62. The Hall–Kier alpha value is -2.83. The van der Waals surface area contributed by atoms with Gasteiger partial charge in [-0.05, 0) is 37.6 Å². The van der Waals surface area contributed by atoms with E-state index in [0.29, 0.717) is 28.4 Å². The first-order valence-electron chi connectivity index (χ1n) is 7.09. The molecule has 23 heavy (non-hydrogen) atoms. The zero-order valence-corrected chi connectivity index (χ0v) is 13.8. The van der Waals surface area contributed by atoms with Crippen LogP contribution in [0.1, 0.15) is 22.8 Å². The van der Waals surface area contributed by atoms with Crippen molar-refractivity contribution in [1.29, 1.82) is 10.8 Å². The summed E-state index contributed by atoms with van der Waals surface area (Å²) < 4.78 is 0. The first-order chi connectivity index (χ1) is 10.8. The molecule has 1 rings (SSSR count). The molecule has 124 valence electrons. The number of phenolic OH excluding ortho intramolecular Hbond substituents is 1. The Balaban J connectivity index is 2.91. The van der Waals surface area contributed by atoms with Gasteiger partial charge >= 0.3 is 0 Å². The molecule has 0 fully saturated rings. The second-order valence-electron chi connectivity index (χ2n) is 5.10. The number of carbonyl (C=O) groups is 1. The summed E-state index contributed by atoms with van der Waals surface area (Å²) in [6.07, 6.45) is 1.15. The normalized spacial score (nSPS) is 11.3. The summed E-state index contributed by atoms with van der Waals surface area (Å²) in [5.41, 5.74) is 1.60. The number of amidine groups is 1. The zero-order chi connectivity index (χ0) is 17.6. The highest BCUT2D eigenvalue weighted by atomic mass is 16.3. The SMILES string of the molecule is CN/C(=C(\C=N)CNC(=O)c1ccc(O)c(C)c1)N(C)C(C)=N. The van der Waals surface area contributed by atoms with E-state index in [4.69, 9.17) is 10.8 Å². The largest absolute Gasteiger partial charge is 0.508 e. The summed E-state index contributed by atoms with van der Waals surface area (Å²) >= 11 is 0. The number of hydrogen-bond acceptors (Lipinski definition) is 5. The summed E-state index contributed by atoms with van der Waals surface area (Å²) in [5.74, 6) is 0.739. The van der Waals surface area contributed by atoms with Crippen molar-refractivity contribution in [1.82, 2.24) is 15.5 Å². The summed E-state index contributed by atoms with van der Waals surface area (Å²) in [7, 11) is 3.41. The number of carbonyl (C=O) groups excluding carboxylic acids is 1. The minimum Gasteiger partial charge on any atom is -0.508 e. The second-order valence-corrected chi connectivity index (χ2v) is 5.10. The maximum Gasteiger partial charge on any atom is 0.251 e. The van der Waals surface area contributed by atoms with E-state index in [9.17, 15) is 9.90 Å². The van der Waals surface area contributed by atoms with Gasteiger partial charge in [0.1, 0.15) is 11.6 Å². The van der Waals surface area contributed by atoms with Crippen LogP contribution in [0.3, 0.4) is 0 Å². The lowest BCUT2D eigenvalue weighted by Crippen LogP contribution is -2.35. The zero-order valence-electron chi connectivity index (χ0n) is 13.8. The molecule has 0 bridgehead atoms. The van der Waals surface area contributed by atoms with Crippen LogP contribution in [0.15, 0.2) is 29.6 Å². The Labute approximate surface area is 136 Å². The van der Waals surface area contributed by atoms with Crippen molar-refractivity contribution in [3.63, 3.8) is 0 Å². The maximum atomic E-state index is 12.2. The monoisotopic (exact) mass is 317 g/mol. The molecule has 0 atom stereocenters. The average Bonchev–Trinajstić information content (AvgIpc) is 2.52. The Morgan fingerprint density at radius 1 is 1.43 bits per heavy atom. The van der Waals surface area contributed by atoms with Gasteiger partial charge in [-0.2, -0.15) is 0 Å². The van der Waals surface area contributed by atoms with Crippen molar-refractivity contribution in [2.24, 2.45) is 0 Å². The Kier molecular flexibility index (Phi) is 6.32. The van der Waals surface area contributed by atoms with Gasteiger partial charge in [-0.25, -0.2) is 0 Å². The van der Waals surface area contributed by atoms with Crippen molar-refractivity contribution in [3.05, 3.63) is 40.7 Å². The molecule has 0 heterocycles. The van der Waals surface area contributed by atoms with Gasteiger partial charge in [-0.3, -0.25) is 10.2 Å². The average molecular weight is 317 g/mol. The van der Waals surface area contributed by atoms with Crippen molar-refractivity contribution >= 4 is 18.0 Å². The van der Waals surface area contributed by atoms with Crippen LogP contribution in [0, 0.1) is 17.7 Å². The van der Waals surface area contributed by atoms with Crippen LogP contribution in [0.25, 0.3) is 0 Å². The van der Waals surface area contributed by atoms with Gasteiger partial charge in [0, 0.05) is 38.0 Å². The van der Waals surface area contributed by atoms with E-state index >= 15 is 0 Å². The highest BCUT2D eigenvalue weighted by Gasteiger charge is 2.13. The molecule has 5 N–H and O–H groups in total. The van der Waals surface area contributed by atoms with Gasteiger partial charge in [0.15, 0.2) is 0 Å². The van der Waals surface area contributed by atoms with Crippen LogP contribution in [0.2, 0.25) is 0 Å². The lowest BCUT2D eigenvalue weighted by atomic mass is 10.1. The van der Waals surface area contributed by atoms with Gasteiger partial charge in [0.05, 0.1) is 5.84 Å². The van der Waals surface area contributed by atoms with Gasteiger partial charge in [-0.1, -0.05) is 0 Å². The minimum atomic E-state index is -0.294. The molecule has 1 amide bonds. The van der Waals surface area contributed by atoms with Crippen LogP contribution < -0.4 is 10.6 Å². The molecule has 7 heteroatoms. The van der Waals surface area contributed by atoms with Crippen LogP contribution in [0.4, 0.5) is 0 Å². The third kappa shape index (κ3) is 4.57. The quantitative estimate of drug-likeness (QED) is 0.403. The van der Waals surface area contributed by atoms with Gasteiger partial charge in [0.25, 0.3) is 5.91 Å². The molecule has 0 aromatic heterocycles. The number of nitrogens with one attached hydrogen (secondary N) is 4. The third-order valence-corrected chi connectivity index (χ3v) is 3.45. The molecule has 0 radical (unpaired) electrons.